The summed E-state index contributed by atoms with van der Waals surface area (Å²) in [5.74, 6) is 0. The van der Waals surface area contributed by atoms with Gasteiger partial charge in [0.1, 0.15) is 6.33 Å². The molecule has 1 aliphatic heterocycles. The maximum Gasteiger partial charge on any atom is 0.115 e. The maximum absolute atomic E-state index is 4.41. The van der Waals surface area contributed by atoms with Gasteiger partial charge in [-0.05, 0) is 49.6 Å². The summed E-state index contributed by atoms with van der Waals surface area (Å²) < 4.78 is 0. The van der Waals surface area contributed by atoms with Gasteiger partial charge in [0.05, 0.1) is 11.7 Å². The van der Waals surface area contributed by atoms with Crippen LogP contribution in [0.25, 0.3) is 0 Å². The molecular weight excluding hydrogens is 236 g/mol. The van der Waals surface area contributed by atoms with Crippen LogP contribution in [0, 0.1) is 6.92 Å². The third-order valence-corrected chi connectivity index (χ3v) is 3.83. The van der Waals surface area contributed by atoms with Crippen LogP contribution in [0.15, 0.2) is 37.1 Å². The average molecular weight is 254 g/mol. The van der Waals surface area contributed by atoms with Crippen molar-refractivity contribution in [3.8, 4) is 0 Å². The second-order valence-electron chi connectivity index (χ2n) is 5.06. The summed E-state index contributed by atoms with van der Waals surface area (Å²) in [6.45, 7) is 4.23. The summed E-state index contributed by atoms with van der Waals surface area (Å²) in [7, 11) is 0. The molecule has 0 spiro atoms. The van der Waals surface area contributed by atoms with Crippen LogP contribution in [0.4, 0.5) is 0 Å². The molecule has 0 bridgehead atoms. The van der Waals surface area contributed by atoms with Crippen LogP contribution in [-0.2, 0) is 6.54 Å². The van der Waals surface area contributed by atoms with Gasteiger partial charge >= 0.3 is 0 Å². The van der Waals surface area contributed by atoms with E-state index in [1.54, 1.807) is 6.33 Å². The van der Waals surface area contributed by atoms with Crippen LogP contribution >= 0.6 is 0 Å². The highest BCUT2D eigenvalue weighted by atomic mass is 15.2. The first kappa shape index (κ1) is 12.2. The van der Waals surface area contributed by atoms with Gasteiger partial charge in [-0.2, -0.15) is 0 Å². The normalized spacial score (nSPS) is 19.7. The molecule has 3 rings (SSSR count). The molecule has 19 heavy (non-hydrogen) atoms. The second kappa shape index (κ2) is 5.45. The van der Waals surface area contributed by atoms with Crippen LogP contribution in [0.5, 0.6) is 0 Å². The minimum atomic E-state index is 0.419. The second-order valence-corrected chi connectivity index (χ2v) is 5.06. The molecule has 0 aromatic carbocycles. The summed E-state index contributed by atoms with van der Waals surface area (Å²) in [4.78, 5) is 15.1. The number of likely N-dealkylation sites (tertiary alicyclic amines) is 1. The van der Waals surface area contributed by atoms with Gasteiger partial charge in [0, 0.05) is 25.1 Å². The van der Waals surface area contributed by atoms with E-state index >= 15 is 0 Å². The molecule has 0 aliphatic carbocycles. The number of hydrogen-bond donors (Lipinski definition) is 0. The van der Waals surface area contributed by atoms with E-state index in [0.29, 0.717) is 6.04 Å². The van der Waals surface area contributed by atoms with Crippen molar-refractivity contribution < 1.29 is 0 Å². The lowest BCUT2D eigenvalue weighted by Gasteiger charge is -2.24. The number of pyridine rings is 1. The molecule has 0 N–H and O–H groups in total. The molecule has 4 nitrogen and oxygen atoms in total. The zero-order chi connectivity index (χ0) is 13.1. The summed E-state index contributed by atoms with van der Waals surface area (Å²) in [6.07, 6.45) is 9.70. The molecule has 0 unspecified atom stereocenters. The van der Waals surface area contributed by atoms with Crippen LogP contribution in [0.1, 0.15) is 35.7 Å². The largest absolute Gasteiger partial charge is 0.290 e. The SMILES string of the molecule is Cc1ccncc1CN1CCC[C@@H]1c1ccncn1. The molecule has 1 fully saturated rings. The first-order valence-electron chi connectivity index (χ1n) is 6.74. The van der Waals surface area contributed by atoms with Gasteiger partial charge in [-0.3, -0.25) is 9.88 Å². The fourth-order valence-electron chi connectivity index (χ4n) is 2.73. The fourth-order valence-corrected chi connectivity index (χ4v) is 2.73. The van der Waals surface area contributed by atoms with E-state index in [1.165, 1.54) is 24.0 Å². The average Bonchev–Trinajstić information content (AvgIpc) is 2.91. The van der Waals surface area contributed by atoms with E-state index in [2.05, 4.69) is 32.8 Å². The predicted octanol–water partition coefficient (Wildman–Crippen LogP) is 2.52. The van der Waals surface area contributed by atoms with Gasteiger partial charge in [-0.25, -0.2) is 9.97 Å². The summed E-state index contributed by atoms with van der Waals surface area (Å²) in [5.41, 5.74) is 3.75. The molecule has 98 valence electrons. The molecule has 1 aliphatic rings. The van der Waals surface area contributed by atoms with E-state index in [0.717, 1.165) is 18.8 Å². The molecule has 1 saturated heterocycles. The quantitative estimate of drug-likeness (QED) is 0.844. The van der Waals surface area contributed by atoms with Crippen molar-refractivity contribution in [1.29, 1.82) is 0 Å². The van der Waals surface area contributed by atoms with Crippen molar-refractivity contribution in [2.24, 2.45) is 0 Å². The Morgan fingerprint density at radius 1 is 1.26 bits per heavy atom. The number of aromatic nitrogens is 3. The third-order valence-electron chi connectivity index (χ3n) is 3.83. The summed E-state index contributed by atoms with van der Waals surface area (Å²) in [6, 6.07) is 4.52. The van der Waals surface area contributed by atoms with Crippen LogP contribution in [-0.4, -0.2) is 26.4 Å². The number of hydrogen-bond acceptors (Lipinski definition) is 4. The zero-order valence-corrected chi connectivity index (χ0v) is 11.2. The molecule has 0 radical (unpaired) electrons. The van der Waals surface area contributed by atoms with E-state index in [4.69, 9.17) is 0 Å². The van der Waals surface area contributed by atoms with Crippen molar-refractivity contribution >= 4 is 0 Å². The Balaban J connectivity index is 1.79. The lowest BCUT2D eigenvalue weighted by molar-refractivity contribution is 0.243. The Labute approximate surface area is 113 Å². The van der Waals surface area contributed by atoms with Crippen molar-refractivity contribution in [3.63, 3.8) is 0 Å². The lowest BCUT2D eigenvalue weighted by atomic mass is 10.1. The van der Waals surface area contributed by atoms with E-state index in [1.807, 2.05) is 24.7 Å². The monoisotopic (exact) mass is 254 g/mol. The third kappa shape index (κ3) is 2.63. The van der Waals surface area contributed by atoms with E-state index in [9.17, 15) is 0 Å². The minimum absolute atomic E-state index is 0.419. The van der Waals surface area contributed by atoms with Gasteiger partial charge in [0.2, 0.25) is 0 Å². The van der Waals surface area contributed by atoms with Gasteiger partial charge in [-0.1, -0.05) is 0 Å². The molecule has 3 heterocycles. The highest BCUT2D eigenvalue weighted by Gasteiger charge is 2.27. The van der Waals surface area contributed by atoms with Crippen LogP contribution in [0.3, 0.4) is 0 Å². The van der Waals surface area contributed by atoms with Crippen molar-refractivity contribution in [2.45, 2.75) is 32.4 Å². The molecule has 2 aromatic heterocycles. The Bertz CT molecular complexity index is 541. The lowest BCUT2D eigenvalue weighted by Crippen LogP contribution is -2.24. The van der Waals surface area contributed by atoms with E-state index in [-0.39, 0.29) is 0 Å². The van der Waals surface area contributed by atoms with Crippen molar-refractivity contribution in [2.75, 3.05) is 6.54 Å². The van der Waals surface area contributed by atoms with Crippen molar-refractivity contribution in [1.82, 2.24) is 19.9 Å². The topological polar surface area (TPSA) is 41.9 Å². The molecule has 0 amide bonds. The minimum Gasteiger partial charge on any atom is -0.290 e. The summed E-state index contributed by atoms with van der Waals surface area (Å²) >= 11 is 0. The van der Waals surface area contributed by atoms with Gasteiger partial charge < -0.3 is 0 Å². The Morgan fingerprint density at radius 3 is 2.95 bits per heavy atom. The predicted molar refractivity (Wildman–Crippen MR) is 73.4 cm³/mol. The molecule has 0 saturated carbocycles. The highest BCUT2D eigenvalue weighted by molar-refractivity contribution is 5.22. The fraction of sp³-hybridized carbons (Fsp3) is 0.400. The van der Waals surface area contributed by atoms with Gasteiger partial charge in [0.25, 0.3) is 0 Å². The Kier molecular flexibility index (Phi) is 3.51. The molecular formula is C15H18N4. The standard InChI is InChI=1S/C15H18N4/c1-12-4-6-16-9-13(12)10-19-8-2-3-15(19)14-5-7-17-11-18-14/h4-7,9,11,15H,2-3,8,10H2,1H3/t15-/m1/s1. The molecule has 1 atom stereocenters. The molecule has 4 heteroatoms. The smallest absolute Gasteiger partial charge is 0.115 e. The van der Waals surface area contributed by atoms with E-state index < -0.39 is 0 Å². The molecule has 2 aromatic rings. The highest BCUT2D eigenvalue weighted by Crippen LogP contribution is 2.31. The van der Waals surface area contributed by atoms with Crippen LogP contribution in [0.2, 0.25) is 0 Å². The first-order valence-corrected chi connectivity index (χ1v) is 6.74. The number of nitrogens with zero attached hydrogens (tertiary/aromatic N) is 4. The van der Waals surface area contributed by atoms with Gasteiger partial charge in [-0.15, -0.1) is 0 Å². The maximum atomic E-state index is 4.41. The summed E-state index contributed by atoms with van der Waals surface area (Å²) in [5, 5.41) is 0. The number of rotatable bonds is 3. The Hall–Kier alpha value is -1.81. The Morgan fingerprint density at radius 2 is 2.16 bits per heavy atom. The van der Waals surface area contributed by atoms with Gasteiger partial charge in [0.15, 0.2) is 0 Å². The zero-order valence-electron chi connectivity index (χ0n) is 11.2. The first-order chi connectivity index (χ1) is 9.34. The van der Waals surface area contributed by atoms with Crippen LogP contribution < -0.4 is 0 Å². The van der Waals surface area contributed by atoms with Crippen molar-refractivity contribution in [3.05, 3.63) is 53.9 Å². The number of aryl methyl sites for hydroxylation is 1.